The van der Waals surface area contributed by atoms with Gasteiger partial charge in [0.05, 0.1) is 5.56 Å². The van der Waals surface area contributed by atoms with Crippen LogP contribution in [0.25, 0.3) is 0 Å². The number of thiol groups is 1. The van der Waals surface area contributed by atoms with Crippen molar-refractivity contribution < 1.29 is 9.59 Å². The van der Waals surface area contributed by atoms with Crippen LogP contribution in [-0.4, -0.2) is 24.9 Å². The third-order valence-corrected chi connectivity index (χ3v) is 3.41. The van der Waals surface area contributed by atoms with Gasteiger partial charge in [-0.25, -0.2) is 0 Å². The number of hydrogen-bond donors (Lipinski definition) is 3. The van der Waals surface area contributed by atoms with E-state index in [-0.39, 0.29) is 18.2 Å². The van der Waals surface area contributed by atoms with Gasteiger partial charge in [0.2, 0.25) is 5.91 Å². The van der Waals surface area contributed by atoms with Gasteiger partial charge in [0, 0.05) is 28.9 Å². The summed E-state index contributed by atoms with van der Waals surface area (Å²) < 4.78 is 0.868. The molecule has 110 valence electrons. The molecule has 2 N–H and O–H groups in total. The molecule has 0 spiro atoms. The summed E-state index contributed by atoms with van der Waals surface area (Å²) in [6, 6.07) is 5.23. The molecule has 0 aromatic heterocycles. The standard InChI is InChI=1S/C14H19BrN2O2S/c1-9(2)8-17-13(18)5-6-16-14(19)11-4-3-10(15)7-12(11)20/h3-4,7,9,20H,5-6,8H2,1-2H3,(H,16,19)(H,17,18). The minimum Gasteiger partial charge on any atom is -0.356 e. The first-order valence-electron chi connectivity index (χ1n) is 6.43. The molecule has 20 heavy (non-hydrogen) atoms. The van der Waals surface area contributed by atoms with Crippen LogP contribution < -0.4 is 10.6 Å². The topological polar surface area (TPSA) is 58.2 Å². The molecular weight excluding hydrogens is 340 g/mol. The van der Waals surface area contributed by atoms with Crippen molar-refractivity contribution in [1.82, 2.24) is 10.6 Å². The van der Waals surface area contributed by atoms with E-state index in [2.05, 4.69) is 39.2 Å². The summed E-state index contributed by atoms with van der Waals surface area (Å²) in [5, 5.41) is 5.52. The summed E-state index contributed by atoms with van der Waals surface area (Å²) in [5.41, 5.74) is 0.499. The van der Waals surface area contributed by atoms with Crippen LogP contribution in [0.5, 0.6) is 0 Å². The Morgan fingerprint density at radius 3 is 2.60 bits per heavy atom. The minimum absolute atomic E-state index is 0.0547. The zero-order valence-electron chi connectivity index (χ0n) is 11.6. The molecule has 0 aliphatic heterocycles. The first kappa shape index (κ1) is 17.0. The van der Waals surface area contributed by atoms with Crippen LogP contribution in [0.4, 0.5) is 0 Å². The number of nitrogens with one attached hydrogen (secondary N) is 2. The third-order valence-electron chi connectivity index (χ3n) is 2.55. The fourth-order valence-electron chi connectivity index (χ4n) is 1.49. The largest absolute Gasteiger partial charge is 0.356 e. The maximum absolute atomic E-state index is 11.9. The van der Waals surface area contributed by atoms with Gasteiger partial charge in [-0.15, -0.1) is 12.6 Å². The number of carbonyl (C=O) groups excluding carboxylic acids is 2. The second-order valence-corrected chi connectivity index (χ2v) is 6.26. The van der Waals surface area contributed by atoms with Crippen LogP contribution in [-0.2, 0) is 4.79 Å². The van der Waals surface area contributed by atoms with Gasteiger partial charge in [-0.1, -0.05) is 29.8 Å². The van der Waals surface area contributed by atoms with Crippen molar-refractivity contribution in [2.24, 2.45) is 5.92 Å². The lowest BCUT2D eigenvalue weighted by Crippen LogP contribution is -2.32. The summed E-state index contributed by atoms with van der Waals surface area (Å²) in [7, 11) is 0. The molecular formula is C14H19BrN2O2S. The minimum atomic E-state index is -0.223. The lowest BCUT2D eigenvalue weighted by Gasteiger charge is -2.09. The normalized spacial score (nSPS) is 10.4. The van der Waals surface area contributed by atoms with E-state index in [9.17, 15) is 9.59 Å². The van der Waals surface area contributed by atoms with Gasteiger partial charge in [0.25, 0.3) is 5.91 Å². The summed E-state index contributed by atoms with van der Waals surface area (Å²) in [4.78, 5) is 24.0. The quantitative estimate of drug-likeness (QED) is 0.684. The number of halogens is 1. The Morgan fingerprint density at radius 2 is 2.00 bits per heavy atom. The molecule has 4 nitrogen and oxygen atoms in total. The van der Waals surface area contributed by atoms with Gasteiger partial charge < -0.3 is 10.6 Å². The van der Waals surface area contributed by atoms with E-state index in [0.717, 1.165) is 4.47 Å². The Balaban J connectivity index is 2.38. The Bertz CT molecular complexity index is 492. The van der Waals surface area contributed by atoms with E-state index >= 15 is 0 Å². The molecule has 0 radical (unpaired) electrons. The molecule has 1 aromatic rings. The summed E-state index contributed by atoms with van der Waals surface area (Å²) in [6.07, 6.45) is 0.275. The van der Waals surface area contributed by atoms with Crippen LogP contribution in [0.3, 0.4) is 0 Å². The van der Waals surface area contributed by atoms with Crippen LogP contribution in [0.2, 0.25) is 0 Å². The second-order valence-electron chi connectivity index (χ2n) is 4.87. The molecule has 0 aliphatic rings. The van der Waals surface area contributed by atoms with Crippen molar-refractivity contribution in [1.29, 1.82) is 0 Å². The maximum atomic E-state index is 11.9. The number of carbonyl (C=O) groups is 2. The van der Waals surface area contributed by atoms with Crippen LogP contribution >= 0.6 is 28.6 Å². The van der Waals surface area contributed by atoms with E-state index in [0.29, 0.717) is 29.5 Å². The average molecular weight is 359 g/mol. The number of rotatable bonds is 6. The highest BCUT2D eigenvalue weighted by molar-refractivity contribution is 9.10. The van der Waals surface area contributed by atoms with E-state index < -0.39 is 0 Å². The van der Waals surface area contributed by atoms with Crippen molar-refractivity contribution in [3.63, 3.8) is 0 Å². The molecule has 1 aromatic carbocycles. The van der Waals surface area contributed by atoms with Gasteiger partial charge in [-0.05, 0) is 24.1 Å². The van der Waals surface area contributed by atoms with Gasteiger partial charge in [0.15, 0.2) is 0 Å². The molecule has 0 bridgehead atoms. The van der Waals surface area contributed by atoms with Crippen molar-refractivity contribution in [3.8, 4) is 0 Å². The molecule has 0 saturated carbocycles. The van der Waals surface area contributed by atoms with Gasteiger partial charge in [-0.2, -0.15) is 0 Å². The number of benzene rings is 1. The molecule has 0 atom stereocenters. The lowest BCUT2D eigenvalue weighted by molar-refractivity contribution is -0.121. The molecule has 0 saturated heterocycles. The fraction of sp³-hybridized carbons (Fsp3) is 0.429. The van der Waals surface area contributed by atoms with Crippen LogP contribution in [0.15, 0.2) is 27.6 Å². The van der Waals surface area contributed by atoms with Crippen LogP contribution in [0, 0.1) is 5.92 Å². The zero-order chi connectivity index (χ0) is 15.1. The fourth-order valence-corrected chi connectivity index (χ4v) is 2.34. The Labute approximate surface area is 133 Å². The van der Waals surface area contributed by atoms with Crippen molar-refractivity contribution in [3.05, 3.63) is 28.2 Å². The number of hydrogen-bond acceptors (Lipinski definition) is 3. The molecule has 0 unspecified atom stereocenters. The first-order valence-corrected chi connectivity index (χ1v) is 7.67. The Kier molecular flexibility index (Phi) is 7.09. The van der Waals surface area contributed by atoms with Gasteiger partial charge >= 0.3 is 0 Å². The molecule has 2 amide bonds. The smallest absolute Gasteiger partial charge is 0.252 e. The highest BCUT2D eigenvalue weighted by Gasteiger charge is 2.10. The summed E-state index contributed by atoms with van der Waals surface area (Å²) >= 11 is 7.57. The average Bonchev–Trinajstić information content (AvgIpc) is 2.36. The first-order chi connectivity index (χ1) is 9.40. The summed E-state index contributed by atoms with van der Waals surface area (Å²) in [5.74, 6) is 0.142. The lowest BCUT2D eigenvalue weighted by atomic mass is 10.2. The molecule has 0 heterocycles. The van der Waals surface area contributed by atoms with Crippen molar-refractivity contribution in [2.75, 3.05) is 13.1 Å². The maximum Gasteiger partial charge on any atom is 0.252 e. The van der Waals surface area contributed by atoms with Gasteiger partial charge in [0.1, 0.15) is 0 Å². The van der Waals surface area contributed by atoms with E-state index in [4.69, 9.17) is 0 Å². The van der Waals surface area contributed by atoms with Crippen LogP contribution in [0.1, 0.15) is 30.6 Å². The second kappa shape index (κ2) is 8.32. The summed E-state index contributed by atoms with van der Waals surface area (Å²) in [6.45, 7) is 5.03. The predicted octanol–water partition coefficient (Wildman–Crippen LogP) is 2.63. The molecule has 0 fully saturated rings. The van der Waals surface area contributed by atoms with Gasteiger partial charge in [-0.3, -0.25) is 9.59 Å². The van der Waals surface area contributed by atoms with E-state index in [1.807, 2.05) is 13.8 Å². The monoisotopic (exact) mass is 358 g/mol. The Hall–Kier alpha value is -1.01. The van der Waals surface area contributed by atoms with E-state index in [1.165, 1.54) is 0 Å². The highest BCUT2D eigenvalue weighted by atomic mass is 79.9. The third kappa shape index (κ3) is 5.96. The molecule has 0 aliphatic carbocycles. The zero-order valence-corrected chi connectivity index (χ0v) is 14.1. The molecule has 1 rings (SSSR count). The van der Waals surface area contributed by atoms with Crippen molar-refractivity contribution >= 4 is 40.4 Å². The predicted molar refractivity (Wildman–Crippen MR) is 86.2 cm³/mol. The highest BCUT2D eigenvalue weighted by Crippen LogP contribution is 2.19. The number of amides is 2. The SMILES string of the molecule is CC(C)CNC(=O)CCNC(=O)c1ccc(Br)cc1S. The van der Waals surface area contributed by atoms with E-state index in [1.54, 1.807) is 18.2 Å². The van der Waals surface area contributed by atoms with Crippen molar-refractivity contribution in [2.45, 2.75) is 25.2 Å². The Morgan fingerprint density at radius 1 is 1.30 bits per heavy atom. The molecule has 6 heteroatoms.